The summed E-state index contributed by atoms with van der Waals surface area (Å²) < 4.78 is 12.9. The molecule has 0 heterocycles. The van der Waals surface area contributed by atoms with Gasteiger partial charge in [-0.25, -0.2) is 9.21 Å². The Hall–Kier alpha value is -3.13. The fourth-order valence-electron chi connectivity index (χ4n) is 4.27. The molecule has 1 atom stereocenters. The number of carbonyl (C=O) groups is 2. The van der Waals surface area contributed by atoms with Gasteiger partial charge in [0.2, 0.25) is 5.91 Å². The molecule has 39 heavy (non-hydrogen) atoms. The van der Waals surface area contributed by atoms with Crippen LogP contribution in [0.2, 0.25) is 0 Å². The van der Waals surface area contributed by atoms with Crippen molar-refractivity contribution in [2.45, 2.75) is 46.1 Å². The standard InChI is InChI=1S/C31H40ClN3O4/c1-5-8-18-38-29-22-26(31(37)39-19-17-35(6-2)7-3)15-16-27(29)33-30(36)28(34(4)32)21-23-13-14-24-11-9-10-12-25(24)20-23/h9-16,20,22,28H,5-8,17-19,21H2,1-4H3,(H,33,36)/t28-/m1/s1. The van der Waals surface area contributed by atoms with Gasteiger partial charge in [-0.05, 0) is 72.2 Å². The molecule has 0 spiro atoms. The summed E-state index contributed by atoms with van der Waals surface area (Å²) in [7, 11) is 1.67. The van der Waals surface area contributed by atoms with Gasteiger partial charge >= 0.3 is 5.97 Å². The molecule has 0 saturated heterocycles. The Morgan fingerprint density at radius 1 is 0.949 bits per heavy atom. The molecule has 210 valence electrons. The van der Waals surface area contributed by atoms with Gasteiger partial charge in [-0.3, -0.25) is 4.79 Å². The van der Waals surface area contributed by atoms with Gasteiger partial charge in [0.1, 0.15) is 18.4 Å². The molecule has 0 fully saturated rings. The van der Waals surface area contributed by atoms with E-state index in [0.717, 1.165) is 42.3 Å². The number of nitrogens with one attached hydrogen (secondary N) is 1. The summed E-state index contributed by atoms with van der Waals surface area (Å²) in [5.41, 5.74) is 1.86. The number of unbranched alkanes of at least 4 members (excludes halogenated alkanes) is 1. The number of hydrogen-bond donors (Lipinski definition) is 1. The van der Waals surface area contributed by atoms with E-state index >= 15 is 0 Å². The number of esters is 1. The number of carbonyl (C=O) groups excluding carboxylic acids is 2. The predicted molar refractivity (Wildman–Crippen MR) is 159 cm³/mol. The molecule has 1 N–H and O–H groups in total. The van der Waals surface area contributed by atoms with Crippen molar-refractivity contribution in [3.05, 3.63) is 71.8 Å². The SMILES string of the molecule is CCCCOc1cc(C(=O)OCCN(CC)CC)ccc1NC(=O)[C@@H](Cc1ccc2ccccc2c1)N(C)Cl. The van der Waals surface area contributed by atoms with Gasteiger partial charge in [-0.15, -0.1) is 0 Å². The van der Waals surface area contributed by atoms with Crippen LogP contribution in [0.1, 0.15) is 49.5 Å². The highest BCUT2D eigenvalue weighted by Gasteiger charge is 2.24. The molecule has 1 amide bonds. The second-order valence-corrected chi connectivity index (χ2v) is 10.0. The lowest BCUT2D eigenvalue weighted by Gasteiger charge is -2.22. The Bertz CT molecular complexity index is 1230. The number of amides is 1. The first-order chi connectivity index (χ1) is 18.9. The number of halogens is 1. The third-order valence-electron chi connectivity index (χ3n) is 6.74. The first kappa shape index (κ1) is 30.4. The fourth-order valence-corrected chi connectivity index (χ4v) is 4.43. The van der Waals surface area contributed by atoms with E-state index in [1.165, 1.54) is 4.42 Å². The van der Waals surface area contributed by atoms with Crippen molar-refractivity contribution in [1.82, 2.24) is 9.32 Å². The van der Waals surface area contributed by atoms with Gasteiger partial charge in [0.05, 0.1) is 17.9 Å². The van der Waals surface area contributed by atoms with E-state index in [1.807, 2.05) is 24.3 Å². The summed E-state index contributed by atoms with van der Waals surface area (Å²) in [6, 6.07) is 18.6. The number of nitrogens with zero attached hydrogens (tertiary/aromatic N) is 2. The Morgan fingerprint density at radius 2 is 1.69 bits per heavy atom. The maximum atomic E-state index is 13.4. The van der Waals surface area contributed by atoms with Gasteiger partial charge < -0.3 is 19.7 Å². The molecule has 3 rings (SSSR count). The van der Waals surface area contributed by atoms with Crippen LogP contribution < -0.4 is 10.1 Å². The summed E-state index contributed by atoms with van der Waals surface area (Å²) in [5.74, 6) is -0.262. The van der Waals surface area contributed by atoms with Crippen LogP contribution in [0.3, 0.4) is 0 Å². The van der Waals surface area contributed by atoms with Crippen molar-refractivity contribution in [2.75, 3.05) is 45.2 Å². The lowest BCUT2D eigenvalue weighted by atomic mass is 10.0. The van der Waals surface area contributed by atoms with E-state index in [-0.39, 0.29) is 5.91 Å². The molecule has 7 nitrogen and oxygen atoms in total. The second kappa shape index (κ2) is 15.5. The summed E-state index contributed by atoms with van der Waals surface area (Å²) in [5, 5.41) is 5.22. The van der Waals surface area contributed by atoms with Crippen LogP contribution in [0.25, 0.3) is 10.8 Å². The number of benzene rings is 3. The van der Waals surface area contributed by atoms with Crippen LogP contribution in [0.5, 0.6) is 5.75 Å². The van der Waals surface area contributed by atoms with Crippen LogP contribution >= 0.6 is 11.8 Å². The Kier molecular flexibility index (Phi) is 12.1. The van der Waals surface area contributed by atoms with Gasteiger partial charge in [0.15, 0.2) is 0 Å². The fraction of sp³-hybridized carbons (Fsp3) is 0.419. The lowest BCUT2D eigenvalue weighted by molar-refractivity contribution is -0.119. The molecule has 3 aromatic carbocycles. The van der Waals surface area contributed by atoms with Crippen molar-refractivity contribution in [1.29, 1.82) is 0 Å². The molecule has 0 aliphatic heterocycles. The van der Waals surface area contributed by atoms with Gasteiger partial charge in [-0.1, -0.05) is 69.7 Å². The molecular weight excluding hydrogens is 514 g/mol. The second-order valence-electron chi connectivity index (χ2n) is 9.49. The van der Waals surface area contributed by atoms with Crippen molar-refractivity contribution in [2.24, 2.45) is 0 Å². The van der Waals surface area contributed by atoms with Crippen LogP contribution in [0, 0.1) is 0 Å². The number of ether oxygens (including phenoxy) is 2. The Balaban J connectivity index is 1.74. The molecule has 0 radical (unpaired) electrons. The van der Waals surface area contributed by atoms with Crippen LogP contribution in [-0.2, 0) is 16.0 Å². The summed E-state index contributed by atoms with van der Waals surface area (Å²) in [6.07, 6.45) is 2.24. The lowest BCUT2D eigenvalue weighted by Crippen LogP contribution is -2.39. The van der Waals surface area contributed by atoms with Crippen molar-refractivity contribution >= 4 is 40.1 Å². The van der Waals surface area contributed by atoms with E-state index < -0.39 is 12.0 Å². The maximum absolute atomic E-state index is 13.4. The summed E-state index contributed by atoms with van der Waals surface area (Å²) >= 11 is 6.35. The van der Waals surface area contributed by atoms with E-state index in [9.17, 15) is 9.59 Å². The van der Waals surface area contributed by atoms with Crippen molar-refractivity contribution in [3.63, 3.8) is 0 Å². The normalized spacial score (nSPS) is 12.1. The van der Waals surface area contributed by atoms with Crippen molar-refractivity contribution in [3.8, 4) is 5.75 Å². The minimum Gasteiger partial charge on any atom is -0.491 e. The first-order valence-corrected chi connectivity index (χ1v) is 14.0. The molecule has 3 aromatic rings. The quantitative estimate of drug-likeness (QED) is 0.138. The smallest absolute Gasteiger partial charge is 0.338 e. The minimum atomic E-state index is -0.624. The first-order valence-electron chi connectivity index (χ1n) is 13.7. The van der Waals surface area contributed by atoms with E-state index in [2.05, 4.69) is 49.2 Å². The number of anilines is 1. The molecule has 0 aliphatic rings. The molecule has 0 saturated carbocycles. The minimum absolute atomic E-state index is 0.268. The van der Waals surface area contributed by atoms with Crippen LogP contribution in [0.15, 0.2) is 60.7 Å². The largest absolute Gasteiger partial charge is 0.491 e. The summed E-state index contributed by atoms with van der Waals surface area (Å²) in [6.45, 7) is 9.48. The highest BCUT2D eigenvalue weighted by Crippen LogP contribution is 2.28. The van der Waals surface area contributed by atoms with E-state index in [0.29, 0.717) is 43.2 Å². The predicted octanol–water partition coefficient (Wildman–Crippen LogP) is 6.15. The van der Waals surface area contributed by atoms with E-state index in [1.54, 1.807) is 25.2 Å². The number of fused-ring (bicyclic) bond motifs is 1. The monoisotopic (exact) mass is 553 g/mol. The number of hydrogen-bond acceptors (Lipinski definition) is 6. The average molecular weight is 554 g/mol. The topological polar surface area (TPSA) is 71.1 Å². The van der Waals surface area contributed by atoms with Crippen molar-refractivity contribution < 1.29 is 19.1 Å². The van der Waals surface area contributed by atoms with E-state index in [4.69, 9.17) is 21.3 Å². The van der Waals surface area contributed by atoms with Gasteiger partial charge in [0.25, 0.3) is 0 Å². The molecular formula is C31H40ClN3O4. The molecule has 0 bridgehead atoms. The summed E-state index contributed by atoms with van der Waals surface area (Å²) in [4.78, 5) is 28.3. The Labute approximate surface area is 237 Å². The van der Waals surface area contributed by atoms with Crippen LogP contribution in [-0.4, -0.2) is 67.1 Å². The Morgan fingerprint density at radius 3 is 2.38 bits per heavy atom. The third kappa shape index (κ3) is 8.95. The van der Waals surface area contributed by atoms with Gasteiger partial charge in [0, 0.05) is 13.6 Å². The molecule has 0 aliphatic carbocycles. The zero-order chi connectivity index (χ0) is 28.2. The van der Waals surface area contributed by atoms with Crippen LogP contribution in [0.4, 0.5) is 5.69 Å². The third-order valence-corrected chi connectivity index (χ3v) is 6.98. The highest BCUT2D eigenvalue weighted by atomic mass is 35.5. The molecule has 0 unspecified atom stereocenters. The zero-order valence-electron chi connectivity index (χ0n) is 23.4. The van der Waals surface area contributed by atoms with Gasteiger partial charge in [-0.2, -0.15) is 0 Å². The maximum Gasteiger partial charge on any atom is 0.338 e. The number of likely N-dealkylation sites (N-methyl/N-ethyl adjacent to an activating group) is 2. The molecule has 8 heteroatoms. The highest BCUT2D eigenvalue weighted by molar-refractivity contribution is 6.15. The number of rotatable bonds is 15. The zero-order valence-corrected chi connectivity index (χ0v) is 24.2. The molecule has 0 aromatic heterocycles. The average Bonchev–Trinajstić information content (AvgIpc) is 2.94.